The highest BCUT2D eigenvalue weighted by molar-refractivity contribution is 7.89. The molecule has 1 heterocycles. The molecule has 0 atom stereocenters. The van der Waals surface area contributed by atoms with Crippen LogP contribution in [-0.2, 0) is 10.0 Å². The van der Waals surface area contributed by atoms with E-state index in [1.54, 1.807) is 11.3 Å². The van der Waals surface area contributed by atoms with Gasteiger partial charge in [0.15, 0.2) is 0 Å². The zero-order chi connectivity index (χ0) is 13.1. The maximum Gasteiger partial charge on any atom is 0.252 e. The minimum Gasteiger partial charge on any atom is -0.352 e. The van der Waals surface area contributed by atoms with E-state index in [1.807, 2.05) is 19.9 Å². The van der Waals surface area contributed by atoms with E-state index in [0.29, 0.717) is 18.5 Å². The molecule has 0 radical (unpaired) electrons. The van der Waals surface area contributed by atoms with Gasteiger partial charge in [0.05, 0.1) is 11.3 Å². The van der Waals surface area contributed by atoms with Gasteiger partial charge in [-0.15, -0.1) is 11.3 Å². The number of rotatable bonds is 5. The summed E-state index contributed by atoms with van der Waals surface area (Å²) in [4.78, 5) is 13.8. The Balaban J connectivity index is 2.43. The molecule has 0 aromatic carbocycles. The summed E-state index contributed by atoms with van der Waals surface area (Å²) in [6.07, 6.45) is 0.326. The molecule has 17 heavy (non-hydrogen) atoms. The fraction of sp³-hybridized carbons (Fsp3) is 0.500. The molecule has 0 spiro atoms. The van der Waals surface area contributed by atoms with Crippen molar-refractivity contribution >= 4 is 27.3 Å². The Kier molecular flexibility index (Phi) is 4.67. The van der Waals surface area contributed by atoms with Gasteiger partial charge in [-0.05, 0) is 26.3 Å². The van der Waals surface area contributed by atoms with E-state index in [-0.39, 0.29) is 11.7 Å². The molecule has 0 fully saturated rings. The van der Waals surface area contributed by atoms with Gasteiger partial charge >= 0.3 is 0 Å². The molecule has 5 nitrogen and oxygen atoms in total. The third-order valence-electron chi connectivity index (χ3n) is 2.18. The Labute approximate surface area is 105 Å². The van der Waals surface area contributed by atoms with Crippen LogP contribution in [0.4, 0.5) is 0 Å². The number of nitrogens with two attached hydrogens (primary N) is 1. The first kappa shape index (κ1) is 14.1. The Morgan fingerprint density at radius 3 is 2.59 bits per heavy atom. The summed E-state index contributed by atoms with van der Waals surface area (Å²) in [5.74, 6) is -0.282. The van der Waals surface area contributed by atoms with Crippen molar-refractivity contribution < 1.29 is 13.2 Å². The third-order valence-corrected chi connectivity index (χ3v) is 4.00. The highest BCUT2D eigenvalue weighted by atomic mass is 32.2. The van der Waals surface area contributed by atoms with Gasteiger partial charge in [0, 0.05) is 16.3 Å². The Bertz CT molecular complexity index is 506. The lowest BCUT2D eigenvalue weighted by Crippen LogP contribution is -2.27. The lowest BCUT2D eigenvalue weighted by molar-refractivity contribution is 0.0953. The Morgan fingerprint density at radius 1 is 1.47 bits per heavy atom. The summed E-state index contributed by atoms with van der Waals surface area (Å²) in [5.41, 5.74) is 0.656. The molecule has 1 rings (SSSR count). The average molecular weight is 276 g/mol. The predicted octanol–water partition coefficient (Wildman–Crippen LogP) is 0.773. The number of sulfonamides is 1. The van der Waals surface area contributed by atoms with Crippen molar-refractivity contribution in [3.8, 4) is 0 Å². The molecule has 0 aliphatic heterocycles. The van der Waals surface area contributed by atoms with Crippen LogP contribution in [0.5, 0.6) is 0 Å². The monoisotopic (exact) mass is 276 g/mol. The van der Waals surface area contributed by atoms with Crippen molar-refractivity contribution in [2.45, 2.75) is 20.3 Å². The number of hydrogen-bond donors (Lipinski definition) is 2. The van der Waals surface area contributed by atoms with Gasteiger partial charge in [0.1, 0.15) is 0 Å². The molecule has 96 valence electrons. The maximum absolute atomic E-state index is 11.7. The van der Waals surface area contributed by atoms with Gasteiger partial charge in [0.2, 0.25) is 10.0 Å². The third kappa shape index (κ3) is 4.84. The molecule has 0 aliphatic carbocycles. The highest BCUT2D eigenvalue weighted by Crippen LogP contribution is 2.20. The lowest BCUT2D eigenvalue weighted by Gasteiger charge is -2.03. The van der Waals surface area contributed by atoms with Crippen molar-refractivity contribution in [3.63, 3.8) is 0 Å². The van der Waals surface area contributed by atoms with Crippen LogP contribution in [0.1, 0.15) is 26.5 Å². The molecule has 1 amide bonds. The second kappa shape index (κ2) is 5.61. The number of carbonyl (C=O) groups excluding carboxylic acids is 1. The number of nitrogens with one attached hydrogen (secondary N) is 1. The number of carbonyl (C=O) groups is 1. The van der Waals surface area contributed by atoms with Crippen LogP contribution in [0, 0.1) is 13.8 Å². The van der Waals surface area contributed by atoms with Gasteiger partial charge < -0.3 is 5.32 Å². The van der Waals surface area contributed by atoms with E-state index in [9.17, 15) is 13.2 Å². The van der Waals surface area contributed by atoms with Gasteiger partial charge in [-0.2, -0.15) is 0 Å². The lowest BCUT2D eigenvalue weighted by atomic mass is 10.2. The number of thiophene rings is 1. The van der Waals surface area contributed by atoms with Crippen molar-refractivity contribution in [2.75, 3.05) is 12.3 Å². The quantitative estimate of drug-likeness (QED) is 0.779. The summed E-state index contributed by atoms with van der Waals surface area (Å²) >= 11 is 1.56. The van der Waals surface area contributed by atoms with Gasteiger partial charge in [0.25, 0.3) is 5.91 Å². The molecule has 0 bridgehead atoms. The highest BCUT2D eigenvalue weighted by Gasteiger charge is 2.11. The van der Waals surface area contributed by atoms with Crippen LogP contribution >= 0.6 is 11.3 Å². The smallest absolute Gasteiger partial charge is 0.252 e. The Morgan fingerprint density at radius 2 is 2.12 bits per heavy atom. The number of aryl methyl sites for hydroxylation is 2. The van der Waals surface area contributed by atoms with E-state index in [0.717, 1.165) is 9.75 Å². The van der Waals surface area contributed by atoms with Gasteiger partial charge in [-0.3, -0.25) is 4.79 Å². The number of hydrogen-bond acceptors (Lipinski definition) is 4. The van der Waals surface area contributed by atoms with Crippen LogP contribution < -0.4 is 10.5 Å². The van der Waals surface area contributed by atoms with Crippen LogP contribution in [0.25, 0.3) is 0 Å². The maximum atomic E-state index is 11.7. The zero-order valence-corrected chi connectivity index (χ0v) is 11.5. The molecule has 0 saturated carbocycles. The second-order valence-electron chi connectivity index (χ2n) is 3.80. The predicted molar refractivity (Wildman–Crippen MR) is 68.7 cm³/mol. The van der Waals surface area contributed by atoms with Gasteiger partial charge in [-0.25, -0.2) is 13.6 Å². The molecular formula is C10H16N2O3S2. The standard InChI is InChI=1S/C10H16N2O3S2/c1-7-6-9(8(2)16-7)10(13)12-4-3-5-17(11,14)15/h6H,3-5H2,1-2H3,(H,12,13)(H2,11,14,15). The fourth-order valence-corrected chi connectivity index (χ4v) is 2.89. The average Bonchev–Trinajstić information content (AvgIpc) is 2.51. The molecule has 1 aromatic rings. The zero-order valence-electron chi connectivity index (χ0n) is 9.82. The summed E-state index contributed by atoms with van der Waals surface area (Å²) in [6.45, 7) is 4.13. The second-order valence-corrected chi connectivity index (χ2v) is 7.00. The number of amides is 1. The van der Waals surface area contributed by atoms with Crippen molar-refractivity contribution in [2.24, 2.45) is 5.14 Å². The van der Waals surface area contributed by atoms with Crippen LogP contribution in [0.15, 0.2) is 6.07 Å². The van der Waals surface area contributed by atoms with E-state index < -0.39 is 10.0 Å². The molecule has 0 saturated heterocycles. The summed E-state index contributed by atoms with van der Waals surface area (Å²) < 4.78 is 21.3. The SMILES string of the molecule is Cc1cc(C(=O)NCCCS(N)(=O)=O)c(C)s1. The normalized spacial score (nSPS) is 11.5. The van der Waals surface area contributed by atoms with Crippen LogP contribution in [0.3, 0.4) is 0 Å². The largest absolute Gasteiger partial charge is 0.352 e. The first-order chi connectivity index (χ1) is 7.79. The minimum absolute atomic E-state index is 0.116. The molecule has 7 heteroatoms. The Hall–Kier alpha value is -0.920. The van der Waals surface area contributed by atoms with E-state index >= 15 is 0 Å². The van der Waals surface area contributed by atoms with Crippen molar-refractivity contribution in [1.29, 1.82) is 0 Å². The molecule has 0 unspecified atom stereocenters. The van der Waals surface area contributed by atoms with Crippen molar-refractivity contribution in [1.82, 2.24) is 5.32 Å². The molecule has 1 aromatic heterocycles. The fourth-order valence-electron chi connectivity index (χ4n) is 1.43. The first-order valence-electron chi connectivity index (χ1n) is 5.15. The summed E-state index contributed by atoms with van der Waals surface area (Å²) in [7, 11) is -3.44. The summed E-state index contributed by atoms with van der Waals surface area (Å²) in [6, 6.07) is 1.83. The van der Waals surface area contributed by atoms with Crippen LogP contribution in [-0.4, -0.2) is 26.6 Å². The van der Waals surface area contributed by atoms with E-state index in [4.69, 9.17) is 5.14 Å². The van der Waals surface area contributed by atoms with E-state index in [2.05, 4.69) is 5.32 Å². The van der Waals surface area contributed by atoms with Gasteiger partial charge in [-0.1, -0.05) is 0 Å². The molecule has 0 aliphatic rings. The van der Waals surface area contributed by atoms with Crippen LogP contribution in [0.2, 0.25) is 0 Å². The first-order valence-corrected chi connectivity index (χ1v) is 7.68. The number of primary sulfonamides is 1. The molecule has 3 N–H and O–H groups in total. The minimum atomic E-state index is -3.44. The molecular weight excluding hydrogens is 260 g/mol. The van der Waals surface area contributed by atoms with Crippen molar-refractivity contribution in [3.05, 3.63) is 21.4 Å². The van der Waals surface area contributed by atoms with E-state index in [1.165, 1.54) is 0 Å². The topological polar surface area (TPSA) is 89.3 Å². The summed E-state index contributed by atoms with van der Waals surface area (Å²) in [5, 5.41) is 7.53.